The molecule has 1 unspecified atom stereocenters. The second kappa shape index (κ2) is 5.39. The molecule has 0 saturated carbocycles. The van der Waals surface area contributed by atoms with Crippen LogP contribution < -0.4 is 0 Å². The highest BCUT2D eigenvalue weighted by molar-refractivity contribution is 7.09. The van der Waals surface area contributed by atoms with Crippen molar-refractivity contribution in [2.24, 2.45) is 5.92 Å². The Morgan fingerprint density at radius 3 is 2.68 bits per heavy atom. The molecule has 0 aliphatic heterocycles. The minimum absolute atomic E-state index is 0.0268. The van der Waals surface area contributed by atoms with Gasteiger partial charge < -0.3 is 5.11 Å². The van der Waals surface area contributed by atoms with Crippen molar-refractivity contribution in [1.29, 1.82) is 0 Å². The van der Waals surface area contributed by atoms with Crippen LogP contribution in [0.25, 0.3) is 10.7 Å². The SMILES string of the molecule is Cc1nnsc1-c1nnnn1C(CC(=O)O)C(C)C. The van der Waals surface area contributed by atoms with Crippen molar-refractivity contribution in [1.82, 2.24) is 29.8 Å². The first-order valence-electron chi connectivity index (χ1n) is 5.79. The number of carboxylic acid groups (broad SMARTS) is 1. The third-order valence-corrected chi connectivity index (χ3v) is 3.64. The molecule has 9 heteroatoms. The maximum absolute atomic E-state index is 11.0. The summed E-state index contributed by atoms with van der Waals surface area (Å²) in [4.78, 5) is 11.7. The van der Waals surface area contributed by atoms with E-state index >= 15 is 0 Å². The van der Waals surface area contributed by atoms with Crippen LogP contribution in [0.3, 0.4) is 0 Å². The normalized spacial score (nSPS) is 12.8. The Bertz CT molecular complexity index is 578. The lowest BCUT2D eigenvalue weighted by Gasteiger charge is -2.19. The molecule has 0 radical (unpaired) electrons. The number of rotatable bonds is 5. The van der Waals surface area contributed by atoms with E-state index < -0.39 is 5.97 Å². The Kier molecular flexibility index (Phi) is 3.84. The molecule has 0 spiro atoms. The number of nitrogens with zero attached hydrogens (tertiary/aromatic N) is 6. The summed E-state index contributed by atoms with van der Waals surface area (Å²) in [7, 11) is 0. The zero-order chi connectivity index (χ0) is 14.0. The predicted octanol–water partition coefficient (Wildman–Crippen LogP) is 1.17. The first-order valence-corrected chi connectivity index (χ1v) is 6.57. The van der Waals surface area contributed by atoms with E-state index in [1.165, 1.54) is 11.5 Å². The standard InChI is InChI=1S/C10H14N6O2S/c1-5(2)7(4-8(17)18)16-10(12-13-14-16)9-6(3)11-15-19-9/h5,7H,4H2,1-3H3,(H,17,18). The molecule has 2 aromatic rings. The van der Waals surface area contributed by atoms with Gasteiger partial charge in [0.05, 0.1) is 18.2 Å². The zero-order valence-electron chi connectivity index (χ0n) is 10.8. The van der Waals surface area contributed by atoms with E-state index in [4.69, 9.17) is 5.11 Å². The van der Waals surface area contributed by atoms with Gasteiger partial charge in [-0.1, -0.05) is 18.3 Å². The second-order valence-corrected chi connectivity index (χ2v) is 5.30. The topological polar surface area (TPSA) is 107 Å². The highest BCUT2D eigenvalue weighted by Gasteiger charge is 2.25. The predicted molar refractivity (Wildman–Crippen MR) is 67.6 cm³/mol. The van der Waals surface area contributed by atoms with Gasteiger partial charge in [0.25, 0.3) is 0 Å². The summed E-state index contributed by atoms with van der Waals surface area (Å²) in [6.07, 6.45) is -0.0268. The van der Waals surface area contributed by atoms with Gasteiger partial charge in [0.1, 0.15) is 4.88 Å². The lowest BCUT2D eigenvalue weighted by Crippen LogP contribution is -2.21. The van der Waals surface area contributed by atoms with Crippen molar-refractivity contribution in [3.05, 3.63) is 5.69 Å². The molecule has 0 aromatic carbocycles. The molecule has 19 heavy (non-hydrogen) atoms. The van der Waals surface area contributed by atoms with Gasteiger partial charge in [-0.05, 0) is 34.8 Å². The van der Waals surface area contributed by atoms with Gasteiger partial charge in [-0.2, -0.15) is 0 Å². The minimum Gasteiger partial charge on any atom is -0.481 e. The summed E-state index contributed by atoms with van der Waals surface area (Å²) < 4.78 is 5.41. The molecular formula is C10H14N6O2S. The molecule has 102 valence electrons. The highest BCUT2D eigenvalue weighted by Crippen LogP contribution is 2.29. The number of aryl methyl sites for hydroxylation is 1. The number of tetrazole rings is 1. The van der Waals surface area contributed by atoms with Gasteiger partial charge >= 0.3 is 5.97 Å². The summed E-state index contributed by atoms with van der Waals surface area (Å²) in [6.45, 7) is 5.70. The van der Waals surface area contributed by atoms with Gasteiger partial charge in [0.15, 0.2) is 5.82 Å². The largest absolute Gasteiger partial charge is 0.481 e. The van der Waals surface area contributed by atoms with Crippen LogP contribution in [0.4, 0.5) is 0 Å². The van der Waals surface area contributed by atoms with Crippen molar-refractivity contribution in [2.75, 3.05) is 0 Å². The monoisotopic (exact) mass is 282 g/mol. The third kappa shape index (κ3) is 2.75. The Balaban J connectivity index is 2.42. The van der Waals surface area contributed by atoms with E-state index in [1.54, 1.807) is 4.68 Å². The van der Waals surface area contributed by atoms with Crippen molar-refractivity contribution in [2.45, 2.75) is 33.2 Å². The molecule has 8 nitrogen and oxygen atoms in total. The van der Waals surface area contributed by atoms with Gasteiger partial charge in [-0.15, -0.1) is 10.2 Å². The molecule has 0 aliphatic carbocycles. The van der Waals surface area contributed by atoms with Crippen LogP contribution in [0.1, 0.15) is 32.0 Å². The first-order chi connectivity index (χ1) is 9.00. The number of carboxylic acids is 1. The molecule has 2 rings (SSSR count). The van der Waals surface area contributed by atoms with Crippen molar-refractivity contribution in [3.63, 3.8) is 0 Å². The summed E-state index contributed by atoms with van der Waals surface area (Å²) in [5.41, 5.74) is 0.735. The molecule has 0 fully saturated rings. The molecule has 2 aromatic heterocycles. The molecule has 0 amide bonds. The molecular weight excluding hydrogens is 268 g/mol. The third-order valence-electron chi connectivity index (χ3n) is 2.81. The number of carbonyl (C=O) groups is 1. The lowest BCUT2D eigenvalue weighted by atomic mass is 10.0. The zero-order valence-corrected chi connectivity index (χ0v) is 11.6. The van der Waals surface area contributed by atoms with Crippen LogP contribution in [0.5, 0.6) is 0 Å². The Morgan fingerprint density at radius 2 is 2.16 bits per heavy atom. The van der Waals surface area contributed by atoms with Crippen LogP contribution in [0.2, 0.25) is 0 Å². The number of hydrogen-bond donors (Lipinski definition) is 1. The lowest BCUT2D eigenvalue weighted by molar-refractivity contribution is -0.138. The summed E-state index contributed by atoms with van der Waals surface area (Å²) in [5.74, 6) is -0.258. The Morgan fingerprint density at radius 1 is 1.42 bits per heavy atom. The maximum Gasteiger partial charge on any atom is 0.305 e. The quantitative estimate of drug-likeness (QED) is 0.877. The van der Waals surface area contributed by atoms with Gasteiger partial charge in [-0.25, -0.2) is 4.68 Å². The highest BCUT2D eigenvalue weighted by atomic mass is 32.1. The van der Waals surface area contributed by atoms with Crippen LogP contribution in [0.15, 0.2) is 0 Å². The summed E-state index contributed by atoms with van der Waals surface area (Å²) in [6, 6.07) is -0.302. The summed E-state index contributed by atoms with van der Waals surface area (Å²) in [5, 5.41) is 24.5. The number of hydrogen-bond acceptors (Lipinski definition) is 7. The van der Waals surface area contributed by atoms with Gasteiger partial charge in [0.2, 0.25) is 0 Å². The fourth-order valence-corrected chi connectivity index (χ4v) is 2.42. The van der Waals surface area contributed by atoms with E-state index in [0.29, 0.717) is 5.82 Å². The first kappa shape index (κ1) is 13.5. The summed E-state index contributed by atoms with van der Waals surface area (Å²) >= 11 is 1.20. The van der Waals surface area contributed by atoms with E-state index in [1.807, 2.05) is 20.8 Å². The molecule has 1 N–H and O–H groups in total. The van der Waals surface area contributed by atoms with Crippen molar-refractivity contribution < 1.29 is 9.90 Å². The van der Waals surface area contributed by atoms with E-state index in [-0.39, 0.29) is 18.4 Å². The van der Waals surface area contributed by atoms with Crippen molar-refractivity contribution >= 4 is 17.5 Å². The smallest absolute Gasteiger partial charge is 0.305 e. The maximum atomic E-state index is 11.0. The van der Waals surface area contributed by atoms with Crippen LogP contribution in [-0.2, 0) is 4.79 Å². The molecule has 0 aliphatic rings. The van der Waals surface area contributed by atoms with Crippen LogP contribution in [-0.4, -0.2) is 40.9 Å². The fraction of sp³-hybridized carbons (Fsp3) is 0.600. The number of aliphatic carboxylic acids is 1. The average Bonchev–Trinajstić information content (AvgIpc) is 2.93. The van der Waals surface area contributed by atoms with Crippen LogP contribution >= 0.6 is 11.5 Å². The second-order valence-electron chi connectivity index (χ2n) is 4.54. The minimum atomic E-state index is -0.876. The van der Waals surface area contributed by atoms with Crippen molar-refractivity contribution in [3.8, 4) is 10.7 Å². The Hall–Kier alpha value is -1.90. The molecule has 2 heterocycles. The van der Waals surface area contributed by atoms with Gasteiger partial charge in [0, 0.05) is 0 Å². The van der Waals surface area contributed by atoms with E-state index in [2.05, 4.69) is 25.1 Å². The Labute approximate surface area is 113 Å². The molecule has 0 bridgehead atoms. The average molecular weight is 282 g/mol. The molecule has 0 saturated heterocycles. The van der Waals surface area contributed by atoms with E-state index in [9.17, 15) is 4.79 Å². The van der Waals surface area contributed by atoms with Gasteiger partial charge in [-0.3, -0.25) is 4.79 Å². The fourth-order valence-electron chi connectivity index (χ4n) is 1.79. The molecule has 1 atom stereocenters. The number of aromatic nitrogens is 6. The van der Waals surface area contributed by atoms with Crippen LogP contribution in [0, 0.1) is 12.8 Å². The van der Waals surface area contributed by atoms with E-state index in [0.717, 1.165) is 10.6 Å².